The van der Waals surface area contributed by atoms with Crippen molar-refractivity contribution in [1.29, 1.82) is 0 Å². The molecule has 0 N–H and O–H groups in total. The van der Waals surface area contributed by atoms with Gasteiger partial charge in [0.1, 0.15) is 6.54 Å². The molecule has 8 heteroatoms. The number of hydrogen-bond donors (Lipinski definition) is 0. The van der Waals surface area contributed by atoms with Gasteiger partial charge in [-0.2, -0.15) is 0 Å². The average molecular weight is 348 g/mol. The van der Waals surface area contributed by atoms with Crippen LogP contribution in [-0.4, -0.2) is 50.1 Å². The number of amides is 1. The van der Waals surface area contributed by atoms with E-state index in [1.165, 1.54) is 32.4 Å². The van der Waals surface area contributed by atoms with Gasteiger partial charge >= 0.3 is 11.9 Å². The standard InChI is InChI=1S/C14H15Cl2NO5/c1-21-12(18)5-6-17(8-13(19)22-2)14(20)10-4-3-9(15)7-11(10)16/h3-4,7H,5-6,8H2,1-2H3. The fraction of sp³-hybridized carbons (Fsp3) is 0.357. The molecule has 120 valence electrons. The second-order valence-electron chi connectivity index (χ2n) is 4.25. The molecule has 0 spiro atoms. The molecule has 6 nitrogen and oxygen atoms in total. The van der Waals surface area contributed by atoms with Gasteiger partial charge in [0.15, 0.2) is 0 Å². The molecule has 1 amide bonds. The molecule has 1 aromatic rings. The molecule has 0 aliphatic carbocycles. The molecular weight excluding hydrogens is 333 g/mol. The zero-order valence-corrected chi connectivity index (χ0v) is 13.6. The number of carbonyl (C=O) groups excluding carboxylic acids is 3. The number of carbonyl (C=O) groups is 3. The molecule has 0 aliphatic rings. The Morgan fingerprint density at radius 2 is 1.73 bits per heavy atom. The minimum Gasteiger partial charge on any atom is -0.469 e. The maximum atomic E-state index is 12.5. The third-order valence-corrected chi connectivity index (χ3v) is 3.36. The van der Waals surface area contributed by atoms with Crippen molar-refractivity contribution in [2.24, 2.45) is 0 Å². The van der Waals surface area contributed by atoms with Crippen molar-refractivity contribution in [2.75, 3.05) is 27.3 Å². The maximum absolute atomic E-state index is 12.5. The third-order valence-electron chi connectivity index (χ3n) is 2.81. The van der Waals surface area contributed by atoms with Crippen LogP contribution in [0.3, 0.4) is 0 Å². The summed E-state index contributed by atoms with van der Waals surface area (Å²) in [6.07, 6.45) is -0.0511. The molecule has 0 aromatic heterocycles. The van der Waals surface area contributed by atoms with Crippen LogP contribution in [0.2, 0.25) is 10.0 Å². The zero-order chi connectivity index (χ0) is 16.7. The number of hydrogen-bond acceptors (Lipinski definition) is 5. The summed E-state index contributed by atoms with van der Waals surface area (Å²) in [5.74, 6) is -1.61. The van der Waals surface area contributed by atoms with Crippen LogP contribution < -0.4 is 0 Å². The lowest BCUT2D eigenvalue weighted by molar-refractivity contribution is -0.143. The van der Waals surface area contributed by atoms with E-state index in [0.717, 1.165) is 4.90 Å². The highest BCUT2D eigenvalue weighted by Crippen LogP contribution is 2.22. The molecule has 1 aromatic carbocycles. The monoisotopic (exact) mass is 347 g/mol. The first-order chi connectivity index (χ1) is 10.4. The summed E-state index contributed by atoms with van der Waals surface area (Å²) >= 11 is 11.8. The van der Waals surface area contributed by atoms with E-state index in [-0.39, 0.29) is 30.1 Å². The topological polar surface area (TPSA) is 72.9 Å². The van der Waals surface area contributed by atoms with Gasteiger partial charge in [0, 0.05) is 11.6 Å². The fourth-order valence-electron chi connectivity index (χ4n) is 1.63. The molecule has 0 unspecified atom stereocenters. The summed E-state index contributed by atoms with van der Waals surface area (Å²) in [5.41, 5.74) is 0.180. The second-order valence-corrected chi connectivity index (χ2v) is 5.10. The van der Waals surface area contributed by atoms with E-state index >= 15 is 0 Å². The van der Waals surface area contributed by atoms with Crippen LogP contribution in [0.15, 0.2) is 18.2 Å². The molecule has 0 aliphatic heterocycles. The quantitative estimate of drug-likeness (QED) is 0.737. The maximum Gasteiger partial charge on any atom is 0.325 e. The second kappa shape index (κ2) is 8.60. The summed E-state index contributed by atoms with van der Waals surface area (Å²) in [7, 11) is 2.45. The number of ether oxygens (including phenoxy) is 2. The van der Waals surface area contributed by atoms with Crippen molar-refractivity contribution < 1.29 is 23.9 Å². The van der Waals surface area contributed by atoms with Gasteiger partial charge in [-0.15, -0.1) is 0 Å². The summed E-state index contributed by atoms with van der Waals surface area (Å²) in [6, 6.07) is 4.39. The van der Waals surface area contributed by atoms with Crippen molar-refractivity contribution in [1.82, 2.24) is 4.90 Å². The van der Waals surface area contributed by atoms with Crippen LogP contribution in [-0.2, 0) is 19.1 Å². The Morgan fingerprint density at radius 1 is 1.09 bits per heavy atom. The van der Waals surface area contributed by atoms with Crippen molar-refractivity contribution in [3.63, 3.8) is 0 Å². The highest BCUT2D eigenvalue weighted by Gasteiger charge is 2.22. The minimum absolute atomic E-state index is 0.000435. The largest absolute Gasteiger partial charge is 0.469 e. The van der Waals surface area contributed by atoms with E-state index in [2.05, 4.69) is 9.47 Å². The third kappa shape index (κ3) is 5.20. The van der Waals surface area contributed by atoms with Crippen LogP contribution in [0.25, 0.3) is 0 Å². The van der Waals surface area contributed by atoms with Gasteiger partial charge in [-0.3, -0.25) is 14.4 Å². The average Bonchev–Trinajstić information content (AvgIpc) is 2.50. The molecule has 1 rings (SSSR count). The lowest BCUT2D eigenvalue weighted by Crippen LogP contribution is -2.38. The molecule has 0 saturated carbocycles. The summed E-state index contributed by atoms with van der Waals surface area (Å²) in [4.78, 5) is 36.3. The van der Waals surface area contributed by atoms with Crippen molar-refractivity contribution >= 4 is 41.0 Å². The van der Waals surface area contributed by atoms with Crippen LogP contribution in [0, 0.1) is 0 Å². The van der Waals surface area contributed by atoms with Gasteiger partial charge < -0.3 is 14.4 Å². The fourth-order valence-corrected chi connectivity index (χ4v) is 2.12. The van der Waals surface area contributed by atoms with Gasteiger partial charge in [0.25, 0.3) is 5.91 Å². The first-order valence-electron chi connectivity index (χ1n) is 6.27. The molecule has 0 heterocycles. The van der Waals surface area contributed by atoms with Crippen LogP contribution in [0.4, 0.5) is 0 Å². The molecular formula is C14H15Cl2NO5. The molecule has 0 radical (unpaired) electrons. The lowest BCUT2D eigenvalue weighted by atomic mass is 10.2. The Morgan fingerprint density at radius 3 is 2.27 bits per heavy atom. The smallest absolute Gasteiger partial charge is 0.325 e. The van der Waals surface area contributed by atoms with Crippen molar-refractivity contribution in [3.05, 3.63) is 33.8 Å². The Kier molecular flexibility index (Phi) is 7.14. The molecule has 0 atom stereocenters. The van der Waals surface area contributed by atoms with E-state index in [4.69, 9.17) is 23.2 Å². The van der Waals surface area contributed by atoms with Gasteiger partial charge in [0.2, 0.25) is 0 Å². The van der Waals surface area contributed by atoms with E-state index < -0.39 is 17.8 Å². The van der Waals surface area contributed by atoms with E-state index in [0.29, 0.717) is 5.02 Å². The zero-order valence-electron chi connectivity index (χ0n) is 12.1. The van der Waals surface area contributed by atoms with E-state index in [1.54, 1.807) is 0 Å². The van der Waals surface area contributed by atoms with E-state index in [9.17, 15) is 14.4 Å². The number of methoxy groups -OCH3 is 2. The highest BCUT2D eigenvalue weighted by molar-refractivity contribution is 6.36. The lowest BCUT2D eigenvalue weighted by Gasteiger charge is -2.21. The Hall–Kier alpha value is -1.79. The first-order valence-corrected chi connectivity index (χ1v) is 7.02. The Bertz CT molecular complexity index is 576. The normalized spacial score (nSPS) is 10.0. The molecule has 0 saturated heterocycles. The van der Waals surface area contributed by atoms with Crippen LogP contribution >= 0.6 is 23.2 Å². The number of esters is 2. The molecule has 22 heavy (non-hydrogen) atoms. The Balaban J connectivity index is 2.95. The van der Waals surface area contributed by atoms with Gasteiger partial charge in [-0.25, -0.2) is 0 Å². The van der Waals surface area contributed by atoms with Crippen molar-refractivity contribution in [3.8, 4) is 0 Å². The Labute approximate surface area is 137 Å². The van der Waals surface area contributed by atoms with E-state index in [1.807, 2.05) is 0 Å². The summed E-state index contributed by atoms with van der Waals surface area (Å²) in [6.45, 7) is -0.301. The molecule has 0 bridgehead atoms. The first kappa shape index (κ1) is 18.3. The number of nitrogens with zero attached hydrogens (tertiary/aromatic N) is 1. The van der Waals surface area contributed by atoms with Gasteiger partial charge in [0.05, 0.1) is 31.2 Å². The number of benzene rings is 1. The predicted molar refractivity (Wildman–Crippen MR) is 81.0 cm³/mol. The SMILES string of the molecule is COC(=O)CCN(CC(=O)OC)C(=O)c1ccc(Cl)cc1Cl. The van der Waals surface area contributed by atoms with Crippen LogP contribution in [0.5, 0.6) is 0 Å². The number of rotatable bonds is 6. The highest BCUT2D eigenvalue weighted by atomic mass is 35.5. The van der Waals surface area contributed by atoms with Gasteiger partial charge in [-0.05, 0) is 18.2 Å². The number of halogens is 2. The van der Waals surface area contributed by atoms with Gasteiger partial charge in [-0.1, -0.05) is 23.2 Å². The van der Waals surface area contributed by atoms with Crippen molar-refractivity contribution in [2.45, 2.75) is 6.42 Å². The predicted octanol–water partition coefficient (Wildman–Crippen LogP) is 2.17. The summed E-state index contributed by atoms with van der Waals surface area (Å²) < 4.78 is 9.07. The summed E-state index contributed by atoms with van der Waals surface area (Å²) in [5, 5.41) is 0.543. The molecule has 0 fully saturated rings. The van der Waals surface area contributed by atoms with Crippen LogP contribution in [0.1, 0.15) is 16.8 Å². The minimum atomic E-state index is -0.608.